The van der Waals surface area contributed by atoms with Gasteiger partial charge in [-0.3, -0.25) is 0 Å². The molecule has 10 N–H and O–H groups in total. The molecule has 0 rings (SSSR count). The van der Waals surface area contributed by atoms with Gasteiger partial charge >= 0.3 is 0 Å². The normalized spacial score (nSPS) is 0. The van der Waals surface area contributed by atoms with Gasteiger partial charge in [-0.2, -0.15) is 0 Å². The van der Waals surface area contributed by atoms with E-state index < -0.39 is 0 Å². The van der Waals surface area contributed by atoms with E-state index in [1.807, 2.05) is 0 Å². The van der Waals surface area contributed by atoms with Gasteiger partial charge < -0.3 is 27.2 Å². The molecular weight excluding hydrogens is 82.0 g/mol. The molecule has 5 heteroatoms. The summed E-state index contributed by atoms with van der Waals surface area (Å²) >= 11 is 0. The van der Waals surface area contributed by atoms with E-state index in [9.17, 15) is 0 Å². The third kappa shape index (κ3) is 168. The van der Waals surface area contributed by atoms with E-state index in [0.717, 1.165) is 0 Å². The Bertz CT molecular complexity index is 7.61. The van der Waals surface area contributed by atoms with Crippen LogP contribution in [0.15, 0.2) is 0 Å². The zero-order valence-electron chi connectivity index (χ0n) is 3.26. The molecule has 0 amide bonds. The summed E-state index contributed by atoms with van der Waals surface area (Å²) in [5.41, 5.74) is 0. The van der Waals surface area contributed by atoms with Crippen LogP contribution in [-0.2, 0) is 0 Å². The van der Waals surface area contributed by atoms with Gasteiger partial charge in [-0.05, 0) is 0 Å². The van der Waals surface area contributed by atoms with Crippen molar-refractivity contribution in [2.45, 2.75) is 0 Å². The van der Waals surface area contributed by atoms with Gasteiger partial charge in [0.25, 0.3) is 0 Å². The largest absolute Gasteiger partial charge is 1.00 e. The van der Waals surface area contributed by atoms with Crippen molar-refractivity contribution in [2.75, 3.05) is 0 Å². The average Bonchev–Trinajstić information content (AvgIpc) is 0. The fraction of sp³-hybridized carbons (Fsp3) is 0. The molecule has 0 aromatic heterocycles. The first-order chi connectivity index (χ1) is 0. The Morgan fingerprint density at radius 1 is 0.600 bits per heavy atom. The number of hydrogen-bond donors (Lipinski definition) is 2. The first-order valence-electron chi connectivity index (χ1n) is 0. The molecule has 0 unspecified atom stereocenters. The van der Waals surface area contributed by atoms with Crippen LogP contribution in [-0.4, -0.2) is 5.48 Å². The van der Waals surface area contributed by atoms with E-state index in [4.69, 9.17) is 0 Å². The Labute approximate surface area is 28.6 Å². The van der Waals surface area contributed by atoms with Crippen molar-refractivity contribution in [1.29, 1.82) is 0 Å². The highest BCUT2D eigenvalue weighted by molar-refractivity contribution is 2.14. The summed E-state index contributed by atoms with van der Waals surface area (Å²) in [5.74, 6) is 0. The first kappa shape index (κ1) is 981. The fourth-order valence-corrected chi connectivity index (χ4v) is 0. The molecule has 0 atom stereocenters. The maximum atomic E-state index is 0. The number of halogens is 2. The highest BCUT2D eigenvalue weighted by Gasteiger charge is -0.368. The smallest absolute Gasteiger partial charge is 0.369 e. The van der Waals surface area contributed by atoms with Crippen molar-refractivity contribution >= 4 is 0 Å². The van der Waals surface area contributed by atoms with Crippen LogP contribution >= 0.6 is 0 Å². The van der Waals surface area contributed by atoms with Crippen molar-refractivity contribution in [2.24, 2.45) is 0 Å². The van der Waals surface area contributed by atoms with E-state index in [-0.39, 0.29) is 27.2 Å². The van der Waals surface area contributed by atoms with Gasteiger partial charge in [0.05, 0.1) is 0 Å². The highest BCUT2D eigenvalue weighted by Crippen LogP contribution is -0.289. The number of hydrogen-bond acceptors (Lipinski definition) is 0. The Morgan fingerprint density at radius 2 is 0.600 bits per heavy atom. The van der Waals surface area contributed by atoms with E-state index in [0.29, 0.717) is 0 Å². The summed E-state index contributed by atoms with van der Waals surface area (Å²) < 4.78 is 0. The Balaban J connectivity index is 0. The predicted octanol–water partition coefficient (Wildman–Crippen LogP) is -6.06. The average molecular weight is 92.1 g/mol. The van der Waals surface area contributed by atoms with Crippen molar-refractivity contribution in [3.63, 3.8) is 0 Å². The summed E-state index contributed by atoms with van der Waals surface area (Å²) in [6.45, 7) is 0. The van der Waals surface area contributed by atoms with Crippen LogP contribution in [0.2, 0.25) is 0 Å². The maximum absolute atomic E-state index is 0. The number of rotatable bonds is 0. The maximum Gasteiger partial charge on any atom is -0.369 e. The second-order valence-corrected chi connectivity index (χ2v) is 0. The van der Waals surface area contributed by atoms with Crippen molar-refractivity contribution < 1.29 is 14.9 Å². The van der Waals surface area contributed by atoms with Crippen LogP contribution in [0.25, 0.3) is 0 Å². The minimum atomic E-state index is 0. The van der Waals surface area contributed by atoms with Gasteiger partial charge in [0, 0.05) is 0 Å². The SMILES string of the molecule is O.[F-].[F-].[NH4+].[NH4+]. The molecule has 0 aliphatic heterocycles. The summed E-state index contributed by atoms with van der Waals surface area (Å²) in [6.07, 6.45) is 0. The quantitative estimate of drug-likeness (QED) is 0.297. The van der Waals surface area contributed by atoms with Crippen LogP contribution < -0.4 is 21.7 Å². The molecule has 0 heterocycles. The van der Waals surface area contributed by atoms with Crippen molar-refractivity contribution in [1.82, 2.24) is 12.3 Å². The molecule has 0 fully saturated rings. The lowest BCUT2D eigenvalue weighted by atomic mass is 14.0. The first-order valence-corrected chi connectivity index (χ1v) is 0. The highest BCUT2D eigenvalue weighted by atomic mass is 19.0. The van der Waals surface area contributed by atoms with Crippen LogP contribution in [0.3, 0.4) is 0 Å². The molecule has 0 saturated heterocycles. The van der Waals surface area contributed by atoms with Gasteiger partial charge in [-0.25, -0.2) is 0 Å². The van der Waals surface area contributed by atoms with Crippen LogP contribution in [0.1, 0.15) is 0 Å². The van der Waals surface area contributed by atoms with Gasteiger partial charge in [-0.1, -0.05) is 0 Å². The Kier molecular flexibility index (Phi) is 81500. The summed E-state index contributed by atoms with van der Waals surface area (Å²) in [7, 11) is 0. The van der Waals surface area contributed by atoms with Gasteiger partial charge in [-0.15, -0.1) is 0 Å². The molecule has 0 saturated carbocycles. The summed E-state index contributed by atoms with van der Waals surface area (Å²) in [6, 6.07) is 0. The second kappa shape index (κ2) is 415. The third-order valence-electron chi connectivity index (χ3n) is 0. The third-order valence-corrected chi connectivity index (χ3v) is 0. The molecule has 5 heavy (non-hydrogen) atoms. The predicted molar refractivity (Wildman–Crippen MR) is 15.6 cm³/mol. The van der Waals surface area contributed by atoms with E-state index >= 15 is 0 Å². The molecule has 0 radical (unpaired) electrons. The molecule has 0 aliphatic carbocycles. The minimum absolute atomic E-state index is 0. The summed E-state index contributed by atoms with van der Waals surface area (Å²) in [4.78, 5) is 0. The molecule has 0 aromatic carbocycles. The Hall–Kier alpha value is -0.260. The molecular formula is H10F2N2O. The molecule has 0 bridgehead atoms. The molecule has 0 aliphatic rings. The van der Waals surface area contributed by atoms with Crippen molar-refractivity contribution in [3.8, 4) is 0 Å². The van der Waals surface area contributed by atoms with Crippen LogP contribution in [0.4, 0.5) is 0 Å². The Morgan fingerprint density at radius 3 is 0.600 bits per heavy atom. The number of quaternary nitrogens is 2. The second-order valence-electron chi connectivity index (χ2n) is 0. The van der Waals surface area contributed by atoms with Gasteiger partial charge in [0.1, 0.15) is 0 Å². The molecule has 0 spiro atoms. The summed E-state index contributed by atoms with van der Waals surface area (Å²) in [5, 5.41) is 0. The lowest BCUT2D eigenvalue weighted by Gasteiger charge is -1.00. The van der Waals surface area contributed by atoms with Crippen molar-refractivity contribution in [3.05, 3.63) is 0 Å². The van der Waals surface area contributed by atoms with E-state index in [1.54, 1.807) is 0 Å². The topological polar surface area (TPSA) is 104 Å². The van der Waals surface area contributed by atoms with Gasteiger partial charge in [0.15, 0.2) is 0 Å². The zero-order valence-corrected chi connectivity index (χ0v) is 3.26. The minimum Gasteiger partial charge on any atom is -1.00 e. The van der Waals surface area contributed by atoms with Crippen LogP contribution in [0, 0.1) is 0 Å². The zero-order chi connectivity index (χ0) is 0. The lowest BCUT2D eigenvalue weighted by molar-refractivity contribution is -0.001000. The fourth-order valence-electron chi connectivity index (χ4n) is 0. The molecule has 40 valence electrons. The van der Waals surface area contributed by atoms with Crippen LogP contribution in [0.5, 0.6) is 0 Å². The van der Waals surface area contributed by atoms with Gasteiger partial charge in [0.2, 0.25) is 0 Å². The molecule has 0 aromatic rings. The monoisotopic (exact) mass is 92.1 g/mol. The molecule has 3 nitrogen and oxygen atoms in total. The van der Waals surface area contributed by atoms with E-state index in [1.165, 1.54) is 0 Å². The standard InChI is InChI=1S/2FH.2H3N.H2O/h2*1H;2*1H3;1H2. The lowest BCUT2D eigenvalue weighted by Crippen LogP contribution is -3.00. The van der Waals surface area contributed by atoms with E-state index in [2.05, 4.69) is 0 Å².